The van der Waals surface area contributed by atoms with Gasteiger partial charge in [0.05, 0.1) is 6.07 Å². The second-order valence-corrected chi connectivity index (χ2v) is 5.78. The highest BCUT2D eigenvalue weighted by molar-refractivity contribution is 5.19. The van der Waals surface area contributed by atoms with E-state index in [4.69, 9.17) is 5.26 Å². The summed E-state index contributed by atoms with van der Waals surface area (Å²) < 4.78 is 0. The van der Waals surface area contributed by atoms with Gasteiger partial charge in [0, 0.05) is 18.0 Å². The van der Waals surface area contributed by atoms with Crippen LogP contribution in [0.1, 0.15) is 45.2 Å². The van der Waals surface area contributed by atoms with Crippen LogP contribution < -0.4 is 0 Å². The lowest BCUT2D eigenvalue weighted by molar-refractivity contribution is 0.0973. The third-order valence-corrected chi connectivity index (χ3v) is 4.54. The van der Waals surface area contributed by atoms with Crippen molar-refractivity contribution < 1.29 is 0 Å². The molecule has 2 rings (SSSR count). The molecule has 2 heteroatoms. The minimum absolute atomic E-state index is 0.116. The molecule has 0 aromatic heterocycles. The monoisotopic (exact) mass is 242 g/mol. The zero-order chi connectivity index (χ0) is 13.2. The molecule has 18 heavy (non-hydrogen) atoms. The third kappa shape index (κ3) is 2.28. The van der Waals surface area contributed by atoms with Crippen molar-refractivity contribution in [3.63, 3.8) is 0 Å². The lowest BCUT2D eigenvalue weighted by Gasteiger charge is -2.39. The van der Waals surface area contributed by atoms with E-state index in [0.29, 0.717) is 18.4 Å². The first-order chi connectivity index (χ1) is 8.57. The van der Waals surface area contributed by atoms with Gasteiger partial charge in [-0.15, -0.1) is 0 Å². The Bertz CT molecular complexity index is 430. The molecule has 2 atom stereocenters. The first kappa shape index (κ1) is 13.1. The quantitative estimate of drug-likeness (QED) is 0.807. The first-order valence-corrected chi connectivity index (χ1v) is 6.76. The highest BCUT2D eigenvalue weighted by Gasteiger charge is 2.43. The van der Waals surface area contributed by atoms with Crippen molar-refractivity contribution in [2.75, 3.05) is 6.54 Å². The molecule has 1 aliphatic heterocycles. The van der Waals surface area contributed by atoms with E-state index < -0.39 is 0 Å². The summed E-state index contributed by atoms with van der Waals surface area (Å²) >= 11 is 0. The molecule has 0 amide bonds. The van der Waals surface area contributed by atoms with Crippen molar-refractivity contribution in [3.05, 3.63) is 35.9 Å². The first-order valence-electron chi connectivity index (χ1n) is 6.76. The SMILES string of the molecule is CC(c1ccccc1)N1CCC(CC#N)C1(C)C. The molecule has 0 bridgehead atoms. The zero-order valence-corrected chi connectivity index (χ0v) is 11.6. The minimum atomic E-state index is 0.116. The van der Waals surface area contributed by atoms with E-state index in [2.05, 4.69) is 62.1 Å². The highest BCUT2D eigenvalue weighted by Crippen LogP contribution is 2.41. The Morgan fingerprint density at radius 2 is 2.06 bits per heavy atom. The number of rotatable bonds is 3. The van der Waals surface area contributed by atoms with Gasteiger partial charge in [-0.05, 0) is 45.2 Å². The van der Waals surface area contributed by atoms with Gasteiger partial charge in [-0.25, -0.2) is 0 Å². The molecule has 1 heterocycles. The third-order valence-electron chi connectivity index (χ3n) is 4.54. The molecule has 1 aromatic carbocycles. The Morgan fingerprint density at radius 1 is 1.39 bits per heavy atom. The number of nitriles is 1. The normalized spacial score (nSPS) is 24.7. The predicted molar refractivity (Wildman–Crippen MR) is 74.0 cm³/mol. The number of hydrogen-bond donors (Lipinski definition) is 0. The summed E-state index contributed by atoms with van der Waals surface area (Å²) in [5.74, 6) is 0.494. The number of hydrogen-bond acceptors (Lipinski definition) is 2. The van der Waals surface area contributed by atoms with Gasteiger partial charge in [0.15, 0.2) is 0 Å². The highest BCUT2D eigenvalue weighted by atomic mass is 15.2. The molecule has 0 N–H and O–H groups in total. The molecule has 1 aliphatic rings. The summed E-state index contributed by atoms with van der Waals surface area (Å²) in [4.78, 5) is 2.55. The molecule has 0 spiro atoms. The predicted octanol–water partition coefficient (Wildman–Crippen LogP) is 3.76. The van der Waals surface area contributed by atoms with E-state index in [1.54, 1.807) is 0 Å². The molecule has 1 saturated heterocycles. The fourth-order valence-corrected chi connectivity index (χ4v) is 3.24. The number of nitrogens with zero attached hydrogens (tertiary/aromatic N) is 2. The Morgan fingerprint density at radius 3 is 2.67 bits per heavy atom. The van der Waals surface area contributed by atoms with Crippen LogP contribution in [0.15, 0.2) is 30.3 Å². The summed E-state index contributed by atoms with van der Waals surface area (Å²) in [5, 5.41) is 8.93. The van der Waals surface area contributed by atoms with Crippen LogP contribution in [0.5, 0.6) is 0 Å². The largest absolute Gasteiger partial charge is 0.291 e. The van der Waals surface area contributed by atoms with Crippen molar-refractivity contribution in [2.24, 2.45) is 5.92 Å². The average Bonchev–Trinajstić information content (AvgIpc) is 2.66. The van der Waals surface area contributed by atoms with Crippen molar-refractivity contribution in [3.8, 4) is 6.07 Å². The molecule has 2 unspecified atom stereocenters. The van der Waals surface area contributed by atoms with Crippen LogP contribution in [0.4, 0.5) is 0 Å². The lowest BCUT2D eigenvalue weighted by Crippen LogP contribution is -2.43. The maximum atomic E-state index is 8.93. The molecule has 0 saturated carbocycles. The van der Waals surface area contributed by atoms with Crippen LogP contribution in [0.2, 0.25) is 0 Å². The maximum Gasteiger partial charge on any atom is 0.0625 e. The standard InChI is InChI=1S/C16H22N2/c1-13(14-7-5-4-6-8-14)18-12-10-15(9-11-17)16(18,2)3/h4-8,13,15H,9-10,12H2,1-3H3. The molecule has 0 aliphatic carbocycles. The van der Waals surface area contributed by atoms with E-state index in [9.17, 15) is 0 Å². The summed E-state index contributed by atoms with van der Waals surface area (Å²) in [6.07, 6.45) is 1.81. The van der Waals surface area contributed by atoms with E-state index >= 15 is 0 Å². The maximum absolute atomic E-state index is 8.93. The van der Waals surface area contributed by atoms with Crippen LogP contribution in [0, 0.1) is 17.2 Å². The van der Waals surface area contributed by atoms with Crippen LogP contribution in [-0.4, -0.2) is 17.0 Å². The fourth-order valence-electron chi connectivity index (χ4n) is 3.24. The molecular formula is C16H22N2. The van der Waals surface area contributed by atoms with Gasteiger partial charge in [-0.1, -0.05) is 30.3 Å². The second kappa shape index (κ2) is 5.12. The summed E-state index contributed by atoms with van der Waals surface area (Å²) in [7, 11) is 0. The van der Waals surface area contributed by atoms with Crippen LogP contribution >= 0.6 is 0 Å². The summed E-state index contributed by atoms with van der Waals surface area (Å²) in [6.45, 7) is 7.92. The average molecular weight is 242 g/mol. The van der Waals surface area contributed by atoms with Crippen LogP contribution in [0.3, 0.4) is 0 Å². The number of likely N-dealkylation sites (tertiary alicyclic amines) is 1. The van der Waals surface area contributed by atoms with Crippen molar-refractivity contribution in [1.29, 1.82) is 5.26 Å². The smallest absolute Gasteiger partial charge is 0.0625 e. The van der Waals surface area contributed by atoms with E-state index in [0.717, 1.165) is 13.0 Å². The Labute approximate surface area is 110 Å². The Kier molecular flexibility index (Phi) is 3.73. The van der Waals surface area contributed by atoms with Gasteiger partial charge >= 0.3 is 0 Å². The summed E-state index contributed by atoms with van der Waals surface area (Å²) in [6, 6.07) is 13.4. The minimum Gasteiger partial charge on any atom is -0.291 e. The van der Waals surface area contributed by atoms with Gasteiger partial charge in [0.2, 0.25) is 0 Å². The van der Waals surface area contributed by atoms with E-state index in [-0.39, 0.29) is 5.54 Å². The second-order valence-electron chi connectivity index (χ2n) is 5.78. The topological polar surface area (TPSA) is 27.0 Å². The van der Waals surface area contributed by atoms with Crippen molar-refractivity contribution in [1.82, 2.24) is 4.90 Å². The fraction of sp³-hybridized carbons (Fsp3) is 0.562. The van der Waals surface area contributed by atoms with Gasteiger partial charge < -0.3 is 0 Å². The van der Waals surface area contributed by atoms with Gasteiger partial charge in [-0.2, -0.15) is 5.26 Å². The molecule has 1 aromatic rings. The lowest BCUT2D eigenvalue weighted by atomic mass is 9.85. The molecule has 96 valence electrons. The number of benzene rings is 1. The van der Waals surface area contributed by atoms with Gasteiger partial charge in [-0.3, -0.25) is 4.90 Å². The molecular weight excluding hydrogens is 220 g/mol. The van der Waals surface area contributed by atoms with E-state index in [1.807, 2.05) is 0 Å². The summed E-state index contributed by atoms with van der Waals surface area (Å²) in [5.41, 5.74) is 1.48. The Balaban J connectivity index is 2.18. The molecule has 1 fully saturated rings. The van der Waals surface area contributed by atoms with Crippen LogP contribution in [0.25, 0.3) is 0 Å². The molecule has 0 radical (unpaired) electrons. The van der Waals surface area contributed by atoms with Gasteiger partial charge in [0.1, 0.15) is 0 Å². The van der Waals surface area contributed by atoms with Gasteiger partial charge in [0.25, 0.3) is 0 Å². The van der Waals surface area contributed by atoms with Crippen LogP contribution in [-0.2, 0) is 0 Å². The van der Waals surface area contributed by atoms with Crippen molar-refractivity contribution >= 4 is 0 Å². The van der Waals surface area contributed by atoms with Crippen molar-refractivity contribution in [2.45, 2.75) is 45.2 Å². The Hall–Kier alpha value is -1.33. The molecule has 2 nitrogen and oxygen atoms in total. The zero-order valence-electron chi connectivity index (χ0n) is 11.6. The van der Waals surface area contributed by atoms with E-state index in [1.165, 1.54) is 5.56 Å².